The molecule has 1 heterocycles. The molecule has 0 saturated carbocycles. The standard InChI is InChI=1S/C22H23F4N3O3/c1-21(2,31)9-8-18-27-14-11-17(32-4)15(10-16(14)29(18)3)28-20(30)12-6-5-7-13(19(12)23)22(24,25)26/h5-7,10-11,31H,8-9H2,1-4H3,(H,28,30). The van der Waals surface area contributed by atoms with Crippen LogP contribution in [0.1, 0.15) is 42.0 Å². The first kappa shape index (κ1) is 23.5. The normalized spacial score (nSPS) is 12.3. The Morgan fingerprint density at radius 2 is 1.94 bits per heavy atom. The molecule has 0 spiro atoms. The highest BCUT2D eigenvalue weighted by molar-refractivity contribution is 6.06. The van der Waals surface area contributed by atoms with Gasteiger partial charge in [0.15, 0.2) is 0 Å². The largest absolute Gasteiger partial charge is 0.494 e. The van der Waals surface area contributed by atoms with Crippen LogP contribution in [0.25, 0.3) is 11.0 Å². The first-order valence-electron chi connectivity index (χ1n) is 9.74. The van der Waals surface area contributed by atoms with Gasteiger partial charge < -0.3 is 19.7 Å². The third-order valence-corrected chi connectivity index (χ3v) is 5.05. The summed E-state index contributed by atoms with van der Waals surface area (Å²) in [5, 5.41) is 12.4. The summed E-state index contributed by atoms with van der Waals surface area (Å²) < 4.78 is 60.4. The average Bonchev–Trinajstić information content (AvgIpc) is 2.99. The highest BCUT2D eigenvalue weighted by Crippen LogP contribution is 2.34. The highest BCUT2D eigenvalue weighted by Gasteiger charge is 2.35. The summed E-state index contributed by atoms with van der Waals surface area (Å²) in [6.45, 7) is 3.39. The SMILES string of the molecule is COc1cc2nc(CCC(C)(C)O)n(C)c2cc1NC(=O)c1cccc(C(F)(F)F)c1F. The Labute approximate surface area is 181 Å². The number of anilines is 1. The molecular weight excluding hydrogens is 430 g/mol. The second-order valence-corrected chi connectivity index (χ2v) is 8.06. The third kappa shape index (κ3) is 4.85. The maximum Gasteiger partial charge on any atom is 0.419 e. The van der Waals surface area contributed by atoms with E-state index in [0.717, 1.165) is 12.1 Å². The van der Waals surface area contributed by atoms with E-state index in [-0.39, 0.29) is 11.4 Å². The molecule has 3 rings (SSSR count). The molecule has 10 heteroatoms. The lowest BCUT2D eigenvalue weighted by Gasteiger charge is -2.16. The summed E-state index contributed by atoms with van der Waals surface area (Å²) in [7, 11) is 3.12. The molecule has 2 aromatic carbocycles. The zero-order valence-electron chi connectivity index (χ0n) is 18.0. The van der Waals surface area contributed by atoms with Crippen molar-refractivity contribution in [1.29, 1.82) is 0 Å². The van der Waals surface area contributed by atoms with Crippen LogP contribution in [0.3, 0.4) is 0 Å². The van der Waals surface area contributed by atoms with Crippen molar-refractivity contribution in [2.24, 2.45) is 7.05 Å². The van der Waals surface area contributed by atoms with Crippen LogP contribution < -0.4 is 10.1 Å². The number of alkyl halides is 3. The Bertz CT molecular complexity index is 1160. The quantitative estimate of drug-likeness (QED) is 0.531. The minimum absolute atomic E-state index is 0.152. The van der Waals surface area contributed by atoms with Gasteiger partial charge in [0.2, 0.25) is 0 Å². The van der Waals surface area contributed by atoms with Gasteiger partial charge >= 0.3 is 6.18 Å². The summed E-state index contributed by atoms with van der Waals surface area (Å²) in [5.41, 5.74) is -1.79. The number of carbonyl (C=O) groups is 1. The monoisotopic (exact) mass is 453 g/mol. The summed E-state index contributed by atoms with van der Waals surface area (Å²) in [4.78, 5) is 17.1. The van der Waals surface area contributed by atoms with E-state index < -0.39 is 34.6 Å². The van der Waals surface area contributed by atoms with Crippen LogP contribution in [0.4, 0.5) is 23.2 Å². The van der Waals surface area contributed by atoms with Gasteiger partial charge in [-0.05, 0) is 38.5 Å². The maximum atomic E-state index is 14.4. The van der Waals surface area contributed by atoms with Crippen molar-refractivity contribution in [3.8, 4) is 5.75 Å². The van der Waals surface area contributed by atoms with Crippen LogP contribution in [0.5, 0.6) is 5.75 Å². The Morgan fingerprint density at radius 3 is 2.53 bits per heavy atom. The third-order valence-electron chi connectivity index (χ3n) is 5.05. The van der Waals surface area contributed by atoms with Crippen LogP contribution in [0.15, 0.2) is 30.3 Å². The van der Waals surface area contributed by atoms with E-state index in [2.05, 4.69) is 10.3 Å². The van der Waals surface area contributed by atoms with Crippen LogP contribution in [0.2, 0.25) is 0 Å². The number of aryl methyl sites for hydroxylation is 2. The number of hydrogen-bond acceptors (Lipinski definition) is 4. The molecule has 32 heavy (non-hydrogen) atoms. The van der Waals surface area contributed by atoms with Crippen LogP contribution in [-0.2, 0) is 19.6 Å². The first-order chi connectivity index (χ1) is 14.8. The number of fused-ring (bicyclic) bond motifs is 1. The Kier molecular flexibility index (Phi) is 6.19. The van der Waals surface area contributed by atoms with Crippen molar-refractivity contribution in [2.75, 3.05) is 12.4 Å². The van der Waals surface area contributed by atoms with Gasteiger partial charge in [-0.15, -0.1) is 0 Å². The zero-order chi connectivity index (χ0) is 23.8. The van der Waals surface area contributed by atoms with E-state index in [1.807, 2.05) is 0 Å². The molecular formula is C22H23F4N3O3. The van der Waals surface area contributed by atoms with Crippen LogP contribution >= 0.6 is 0 Å². The minimum atomic E-state index is -4.93. The molecule has 2 N–H and O–H groups in total. The molecule has 0 fully saturated rings. The second-order valence-electron chi connectivity index (χ2n) is 8.06. The Hall–Kier alpha value is -3.14. The van der Waals surface area contributed by atoms with Gasteiger partial charge in [0.05, 0.1) is 40.6 Å². The van der Waals surface area contributed by atoms with Crippen LogP contribution in [0, 0.1) is 5.82 Å². The summed E-state index contributed by atoms with van der Waals surface area (Å²) in [6, 6.07) is 5.64. The molecule has 0 aliphatic carbocycles. The van der Waals surface area contributed by atoms with Gasteiger partial charge in [0, 0.05) is 19.5 Å². The van der Waals surface area contributed by atoms with E-state index in [9.17, 15) is 27.5 Å². The lowest BCUT2D eigenvalue weighted by molar-refractivity contribution is -0.140. The summed E-state index contributed by atoms with van der Waals surface area (Å²) in [5.74, 6) is -1.79. The van der Waals surface area contributed by atoms with Crippen molar-refractivity contribution in [3.05, 3.63) is 53.1 Å². The number of ether oxygens (including phenoxy) is 1. The predicted octanol–water partition coefficient (Wildman–Crippen LogP) is 4.70. The van der Waals surface area contributed by atoms with E-state index in [1.165, 1.54) is 7.11 Å². The molecule has 0 unspecified atom stereocenters. The number of nitrogens with one attached hydrogen (secondary N) is 1. The average molecular weight is 453 g/mol. The molecule has 6 nitrogen and oxygen atoms in total. The van der Waals surface area contributed by atoms with Gasteiger partial charge in [0.1, 0.15) is 17.4 Å². The Balaban J connectivity index is 1.97. The molecule has 0 saturated heterocycles. The fourth-order valence-electron chi connectivity index (χ4n) is 3.29. The number of hydrogen-bond donors (Lipinski definition) is 2. The topological polar surface area (TPSA) is 76.4 Å². The van der Waals surface area contributed by atoms with Crippen molar-refractivity contribution in [1.82, 2.24) is 9.55 Å². The number of imidazole rings is 1. The number of halogens is 4. The number of methoxy groups -OCH3 is 1. The van der Waals surface area contributed by atoms with Gasteiger partial charge in [-0.3, -0.25) is 4.79 Å². The van der Waals surface area contributed by atoms with Crippen molar-refractivity contribution in [3.63, 3.8) is 0 Å². The number of rotatable bonds is 6. The molecule has 1 aromatic heterocycles. The molecule has 0 aliphatic heterocycles. The summed E-state index contributed by atoms with van der Waals surface area (Å²) >= 11 is 0. The number of aliphatic hydroxyl groups is 1. The van der Waals surface area contributed by atoms with E-state index in [4.69, 9.17) is 4.74 Å². The zero-order valence-corrected chi connectivity index (χ0v) is 18.0. The summed E-state index contributed by atoms with van der Waals surface area (Å²) in [6.07, 6.45) is -3.96. The van der Waals surface area contributed by atoms with Crippen LogP contribution in [-0.4, -0.2) is 33.3 Å². The number of aromatic nitrogens is 2. The van der Waals surface area contributed by atoms with Gasteiger partial charge in [-0.25, -0.2) is 9.37 Å². The fourth-order valence-corrected chi connectivity index (χ4v) is 3.29. The van der Waals surface area contributed by atoms with Crippen molar-refractivity contribution in [2.45, 2.75) is 38.5 Å². The second kappa shape index (κ2) is 8.42. The lowest BCUT2D eigenvalue weighted by Crippen LogP contribution is -2.20. The Morgan fingerprint density at radius 1 is 1.25 bits per heavy atom. The van der Waals surface area contributed by atoms with Crippen molar-refractivity contribution >= 4 is 22.6 Å². The lowest BCUT2D eigenvalue weighted by atomic mass is 10.0. The fraction of sp³-hybridized carbons (Fsp3) is 0.364. The predicted molar refractivity (Wildman–Crippen MR) is 111 cm³/mol. The number of nitrogens with zero attached hydrogens (tertiary/aromatic N) is 2. The number of amides is 1. The molecule has 0 aliphatic rings. The smallest absolute Gasteiger partial charge is 0.419 e. The molecule has 0 bridgehead atoms. The van der Waals surface area contributed by atoms with Gasteiger partial charge in [-0.2, -0.15) is 13.2 Å². The van der Waals surface area contributed by atoms with Crippen molar-refractivity contribution < 1.29 is 32.2 Å². The van der Waals surface area contributed by atoms with E-state index in [1.54, 1.807) is 37.6 Å². The highest BCUT2D eigenvalue weighted by atomic mass is 19.4. The van der Waals surface area contributed by atoms with Gasteiger partial charge in [-0.1, -0.05) is 6.07 Å². The molecule has 0 radical (unpaired) electrons. The first-order valence-corrected chi connectivity index (χ1v) is 9.74. The minimum Gasteiger partial charge on any atom is -0.494 e. The molecule has 172 valence electrons. The number of carbonyl (C=O) groups excluding carboxylic acids is 1. The van der Waals surface area contributed by atoms with E-state index in [0.29, 0.717) is 35.8 Å². The maximum absolute atomic E-state index is 14.4. The molecule has 1 amide bonds. The number of benzene rings is 2. The van der Waals surface area contributed by atoms with Gasteiger partial charge in [0.25, 0.3) is 5.91 Å². The molecule has 3 aromatic rings. The van der Waals surface area contributed by atoms with E-state index >= 15 is 0 Å². The molecule has 0 atom stereocenters.